The molecule has 17 heavy (non-hydrogen) atoms. The normalized spacial score (nSPS) is 24.1. The summed E-state index contributed by atoms with van der Waals surface area (Å²) in [5.74, 6) is 0.576. The van der Waals surface area contributed by atoms with Gasteiger partial charge in [0.25, 0.3) is 0 Å². The van der Waals surface area contributed by atoms with Gasteiger partial charge in [0.2, 0.25) is 5.91 Å². The average molecular weight is 240 g/mol. The fraction of sp³-hybridized carbons (Fsp3) is 0.923. The van der Waals surface area contributed by atoms with E-state index in [2.05, 4.69) is 17.1 Å². The molecule has 98 valence electrons. The zero-order chi connectivity index (χ0) is 12.1. The van der Waals surface area contributed by atoms with Crippen LogP contribution < -0.4 is 5.32 Å². The molecule has 0 aromatic heterocycles. The highest BCUT2D eigenvalue weighted by Crippen LogP contribution is 2.26. The quantitative estimate of drug-likeness (QED) is 0.780. The van der Waals surface area contributed by atoms with Crippen molar-refractivity contribution in [1.82, 2.24) is 10.2 Å². The first-order valence-electron chi connectivity index (χ1n) is 6.86. The number of rotatable bonds is 5. The number of hydrogen-bond acceptors (Lipinski definition) is 3. The Morgan fingerprint density at radius 3 is 2.71 bits per heavy atom. The molecule has 1 N–H and O–H groups in total. The molecule has 1 aliphatic heterocycles. The van der Waals surface area contributed by atoms with Crippen molar-refractivity contribution >= 4 is 5.91 Å². The Morgan fingerprint density at radius 2 is 2.12 bits per heavy atom. The van der Waals surface area contributed by atoms with Crippen LogP contribution >= 0.6 is 0 Å². The molecule has 1 aliphatic carbocycles. The van der Waals surface area contributed by atoms with E-state index in [0.29, 0.717) is 12.0 Å². The van der Waals surface area contributed by atoms with Gasteiger partial charge < -0.3 is 10.1 Å². The lowest BCUT2D eigenvalue weighted by Crippen LogP contribution is -2.43. The van der Waals surface area contributed by atoms with Crippen LogP contribution in [0.15, 0.2) is 0 Å². The van der Waals surface area contributed by atoms with E-state index in [4.69, 9.17) is 4.74 Å². The van der Waals surface area contributed by atoms with Crippen LogP contribution in [0, 0.1) is 5.92 Å². The van der Waals surface area contributed by atoms with Gasteiger partial charge >= 0.3 is 0 Å². The van der Waals surface area contributed by atoms with Gasteiger partial charge in [-0.2, -0.15) is 0 Å². The lowest BCUT2D eigenvalue weighted by molar-refractivity contribution is -0.128. The number of hydrogen-bond donors (Lipinski definition) is 1. The molecule has 4 nitrogen and oxygen atoms in total. The maximum absolute atomic E-state index is 11.7. The van der Waals surface area contributed by atoms with Crippen LogP contribution in [0.2, 0.25) is 0 Å². The van der Waals surface area contributed by atoms with Crippen molar-refractivity contribution in [3.05, 3.63) is 0 Å². The number of carbonyl (C=O) groups is 1. The summed E-state index contributed by atoms with van der Waals surface area (Å²) in [6.45, 7) is 6.94. The molecule has 0 spiro atoms. The number of ether oxygens (including phenoxy) is 1. The first-order valence-corrected chi connectivity index (χ1v) is 6.86. The second-order valence-electron chi connectivity index (χ2n) is 5.28. The van der Waals surface area contributed by atoms with Crippen LogP contribution in [-0.2, 0) is 9.53 Å². The van der Waals surface area contributed by atoms with E-state index in [1.165, 1.54) is 6.42 Å². The highest BCUT2D eigenvalue weighted by atomic mass is 16.5. The molecule has 1 saturated heterocycles. The van der Waals surface area contributed by atoms with E-state index in [-0.39, 0.29) is 5.91 Å². The first kappa shape index (κ1) is 12.8. The summed E-state index contributed by atoms with van der Waals surface area (Å²) in [4.78, 5) is 14.2. The molecule has 2 fully saturated rings. The fourth-order valence-electron chi connectivity index (χ4n) is 2.30. The lowest BCUT2D eigenvalue weighted by atomic mass is 9.84. The molecular formula is C13H24N2O2. The predicted octanol–water partition coefficient (Wildman–Crippen LogP) is 1.01. The van der Waals surface area contributed by atoms with Crippen LogP contribution in [0.25, 0.3) is 0 Å². The molecular weight excluding hydrogens is 216 g/mol. The molecule has 2 aliphatic rings. The monoisotopic (exact) mass is 240 g/mol. The summed E-state index contributed by atoms with van der Waals surface area (Å²) < 4.78 is 5.31. The molecule has 0 radical (unpaired) electrons. The zero-order valence-corrected chi connectivity index (χ0v) is 10.8. The number of nitrogens with one attached hydrogen (secondary N) is 1. The summed E-state index contributed by atoms with van der Waals surface area (Å²) in [6, 6.07) is 0.297. The number of morpholine rings is 1. The maximum Gasteiger partial charge on any atom is 0.223 e. The summed E-state index contributed by atoms with van der Waals surface area (Å²) >= 11 is 0. The molecule has 1 unspecified atom stereocenters. The van der Waals surface area contributed by atoms with Gasteiger partial charge in [-0.3, -0.25) is 9.69 Å². The maximum atomic E-state index is 11.7. The second kappa shape index (κ2) is 6.36. The first-order chi connectivity index (χ1) is 8.25. The molecule has 1 heterocycles. The minimum Gasteiger partial charge on any atom is -0.379 e. The van der Waals surface area contributed by atoms with Gasteiger partial charge in [0, 0.05) is 31.6 Å². The van der Waals surface area contributed by atoms with Gasteiger partial charge in [-0.15, -0.1) is 0 Å². The number of carbonyl (C=O) groups excluding carboxylic acids is 1. The number of nitrogens with zero attached hydrogens (tertiary/aromatic N) is 1. The summed E-state index contributed by atoms with van der Waals surface area (Å²) in [5.41, 5.74) is 0. The zero-order valence-electron chi connectivity index (χ0n) is 10.8. The van der Waals surface area contributed by atoms with Crippen molar-refractivity contribution in [2.75, 3.05) is 32.8 Å². The van der Waals surface area contributed by atoms with Crippen LogP contribution in [0.1, 0.15) is 32.6 Å². The topological polar surface area (TPSA) is 41.6 Å². The molecule has 1 amide bonds. The van der Waals surface area contributed by atoms with Crippen LogP contribution in [0.3, 0.4) is 0 Å². The summed E-state index contributed by atoms with van der Waals surface area (Å²) in [5, 5.41) is 3.12. The van der Waals surface area contributed by atoms with Crippen molar-refractivity contribution in [3.63, 3.8) is 0 Å². The Hall–Kier alpha value is -0.610. The Balaban J connectivity index is 1.59. The van der Waals surface area contributed by atoms with Crippen molar-refractivity contribution < 1.29 is 9.53 Å². The average Bonchev–Trinajstić information content (AvgIpc) is 2.25. The van der Waals surface area contributed by atoms with Gasteiger partial charge in [-0.1, -0.05) is 6.42 Å². The van der Waals surface area contributed by atoms with Crippen molar-refractivity contribution in [1.29, 1.82) is 0 Å². The Bertz CT molecular complexity index is 248. The largest absolute Gasteiger partial charge is 0.379 e. The Morgan fingerprint density at radius 1 is 1.41 bits per heavy atom. The van der Waals surface area contributed by atoms with E-state index in [1.807, 2.05) is 0 Å². The molecule has 1 atom stereocenters. The third-order valence-corrected chi connectivity index (χ3v) is 3.85. The fourth-order valence-corrected chi connectivity index (χ4v) is 2.30. The van der Waals surface area contributed by atoms with E-state index in [1.54, 1.807) is 0 Å². The van der Waals surface area contributed by atoms with Crippen LogP contribution in [-0.4, -0.2) is 49.7 Å². The highest BCUT2D eigenvalue weighted by molar-refractivity contribution is 5.79. The van der Waals surface area contributed by atoms with Gasteiger partial charge in [0.1, 0.15) is 0 Å². The summed E-state index contributed by atoms with van der Waals surface area (Å²) in [7, 11) is 0. The van der Waals surface area contributed by atoms with E-state index >= 15 is 0 Å². The molecule has 4 heteroatoms. The summed E-state index contributed by atoms with van der Waals surface area (Å²) in [6.07, 6.45) is 4.43. The van der Waals surface area contributed by atoms with Crippen molar-refractivity contribution in [3.8, 4) is 0 Å². The van der Waals surface area contributed by atoms with Gasteiger partial charge in [0.05, 0.1) is 13.2 Å². The minimum absolute atomic E-state index is 0.269. The minimum atomic E-state index is 0.269. The van der Waals surface area contributed by atoms with Gasteiger partial charge in [-0.25, -0.2) is 0 Å². The van der Waals surface area contributed by atoms with Crippen molar-refractivity contribution in [2.24, 2.45) is 5.92 Å². The van der Waals surface area contributed by atoms with E-state index in [9.17, 15) is 4.79 Å². The van der Waals surface area contributed by atoms with Crippen LogP contribution in [0.5, 0.6) is 0 Å². The Kier molecular flexibility index (Phi) is 4.80. The van der Waals surface area contributed by atoms with Gasteiger partial charge in [0.15, 0.2) is 0 Å². The molecule has 0 bridgehead atoms. The standard InChI is InChI=1S/C13H24N2O2/c1-11(14-13(16)12-3-2-4-12)5-6-15-7-9-17-10-8-15/h11-12H,2-10H2,1H3,(H,14,16). The van der Waals surface area contributed by atoms with Crippen LogP contribution in [0.4, 0.5) is 0 Å². The molecule has 1 saturated carbocycles. The Labute approximate surface area is 104 Å². The third kappa shape index (κ3) is 3.96. The van der Waals surface area contributed by atoms with Gasteiger partial charge in [-0.05, 0) is 26.2 Å². The molecule has 2 rings (SSSR count). The van der Waals surface area contributed by atoms with E-state index in [0.717, 1.165) is 52.1 Å². The molecule has 0 aromatic carbocycles. The SMILES string of the molecule is CC(CCN1CCOCC1)NC(=O)C1CCC1. The van der Waals surface area contributed by atoms with E-state index < -0.39 is 0 Å². The van der Waals surface area contributed by atoms with Crippen molar-refractivity contribution in [2.45, 2.75) is 38.6 Å². The highest BCUT2D eigenvalue weighted by Gasteiger charge is 2.25. The lowest BCUT2D eigenvalue weighted by Gasteiger charge is -2.29. The third-order valence-electron chi connectivity index (χ3n) is 3.85. The smallest absolute Gasteiger partial charge is 0.223 e. The number of amides is 1. The molecule has 0 aromatic rings. The predicted molar refractivity (Wildman–Crippen MR) is 66.8 cm³/mol. The second-order valence-corrected chi connectivity index (χ2v) is 5.28.